The van der Waals surface area contributed by atoms with E-state index in [-0.39, 0.29) is 10.8 Å². The van der Waals surface area contributed by atoms with Gasteiger partial charge in [-0.1, -0.05) is 19.3 Å². The SMILES string of the molecule is CNS(=O)(=O)c1ccc(C(=O)N2CCC3CCCCC3C2)cc1. The molecule has 1 aromatic carbocycles. The summed E-state index contributed by atoms with van der Waals surface area (Å²) >= 11 is 0. The van der Waals surface area contributed by atoms with Crippen LogP contribution in [0.2, 0.25) is 0 Å². The summed E-state index contributed by atoms with van der Waals surface area (Å²) in [5.74, 6) is 1.45. The maximum Gasteiger partial charge on any atom is 0.253 e. The Morgan fingerprint density at radius 3 is 2.39 bits per heavy atom. The molecule has 2 aliphatic rings. The molecule has 0 aromatic heterocycles. The smallest absolute Gasteiger partial charge is 0.253 e. The second-order valence-electron chi connectivity index (χ2n) is 6.58. The molecule has 1 N–H and O–H groups in total. The quantitative estimate of drug-likeness (QED) is 0.920. The third-order valence-corrected chi connectivity index (χ3v) is 6.69. The molecule has 23 heavy (non-hydrogen) atoms. The molecule has 3 rings (SSSR count). The minimum absolute atomic E-state index is 0.0161. The number of nitrogens with zero attached hydrogens (tertiary/aromatic N) is 1. The van der Waals surface area contributed by atoms with Crippen molar-refractivity contribution in [2.24, 2.45) is 11.8 Å². The van der Waals surface area contributed by atoms with E-state index in [4.69, 9.17) is 0 Å². The molecule has 0 bridgehead atoms. The molecule has 5 nitrogen and oxygen atoms in total. The molecule has 1 aromatic rings. The minimum Gasteiger partial charge on any atom is -0.338 e. The van der Waals surface area contributed by atoms with Crippen LogP contribution in [0.3, 0.4) is 0 Å². The van der Waals surface area contributed by atoms with E-state index in [0.717, 1.165) is 25.4 Å². The fraction of sp³-hybridized carbons (Fsp3) is 0.588. The molecule has 126 valence electrons. The van der Waals surface area contributed by atoms with Crippen LogP contribution in [0.15, 0.2) is 29.2 Å². The molecule has 6 heteroatoms. The molecule has 1 aliphatic heterocycles. The van der Waals surface area contributed by atoms with E-state index >= 15 is 0 Å². The highest BCUT2D eigenvalue weighted by atomic mass is 32.2. The summed E-state index contributed by atoms with van der Waals surface area (Å²) in [4.78, 5) is 14.8. The van der Waals surface area contributed by atoms with Crippen molar-refractivity contribution in [3.05, 3.63) is 29.8 Å². The van der Waals surface area contributed by atoms with Gasteiger partial charge in [0.2, 0.25) is 10.0 Å². The first-order valence-electron chi connectivity index (χ1n) is 8.34. The number of likely N-dealkylation sites (tertiary alicyclic amines) is 1. The van der Waals surface area contributed by atoms with Gasteiger partial charge in [-0.2, -0.15) is 0 Å². The first kappa shape index (κ1) is 16.5. The van der Waals surface area contributed by atoms with Gasteiger partial charge in [0, 0.05) is 18.7 Å². The highest BCUT2D eigenvalue weighted by molar-refractivity contribution is 7.89. The van der Waals surface area contributed by atoms with Crippen LogP contribution in [0.1, 0.15) is 42.5 Å². The molecule has 1 aliphatic carbocycles. The Morgan fingerprint density at radius 1 is 1.09 bits per heavy atom. The van der Waals surface area contributed by atoms with Crippen LogP contribution in [0, 0.1) is 11.8 Å². The van der Waals surface area contributed by atoms with Gasteiger partial charge in [-0.05, 0) is 56.0 Å². The van der Waals surface area contributed by atoms with Crippen LogP contribution in [0.4, 0.5) is 0 Å². The van der Waals surface area contributed by atoms with Crippen LogP contribution in [0.5, 0.6) is 0 Å². The van der Waals surface area contributed by atoms with E-state index < -0.39 is 10.0 Å². The number of sulfonamides is 1. The van der Waals surface area contributed by atoms with Gasteiger partial charge < -0.3 is 4.90 Å². The Balaban J connectivity index is 1.71. The molecule has 1 heterocycles. The van der Waals surface area contributed by atoms with E-state index in [1.54, 1.807) is 12.1 Å². The van der Waals surface area contributed by atoms with Gasteiger partial charge in [0.1, 0.15) is 0 Å². The largest absolute Gasteiger partial charge is 0.338 e. The molecule has 2 unspecified atom stereocenters. The minimum atomic E-state index is -3.46. The lowest BCUT2D eigenvalue weighted by Gasteiger charge is -2.41. The van der Waals surface area contributed by atoms with Crippen molar-refractivity contribution in [2.45, 2.75) is 37.0 Å². The maximum absolute atomic E-state index is 12.7. The first-order chi connectivity index (χ1) is 11.0. The number of nitrogens with one attached hydrogen (secondary N) is 1. The molecular formula is C17H24N2O3S. The standard InChI is InChI=1S/C17H24N2O3S/c1-18-23(21,22)16-8-6-14(7-9-16)17(20)19-11-10-13-4-2-3-5-15(13)12-19/h6-9,13,15,18H,2-5,10-12H2,1H3. The van der Waals surface area contributed by atoms with Crippen LogP contribution >= 0.6 is 0 Å². The molecule has 0 radical (unpaired) electrons. The van der Waals surface area contributed by atoms with Gasteiger partial charge in [0.25, 0.3) is 5.91 Å². The van der Waals surface area contributed by atoms with Crippen molar-refractivity contribution in [3.8, 4) is 0 Å². The zero-order valence-corrected chi connectivity index (χ0v) is 14.3. The maximum atomic E-state index is 12.7. The summed E-state index contributed by atoms with van der Waals surface area (Å²) in [6.45, 7) is 1.66. The Hall–Kier alpha value is -1.40. The number of carbonyl (C=O) groups excluding carboxylic acids is 1. The predicted molar refractivity (Wildman–Crippen MR) is 88.7 cm³/mol. The first-order valence-corrected chi connectivity index (χ1v) is 9.82. The van der Waals surface area contributed by atoms with E-state index in [0.29, 0.717) is 11.5 Å². The lowest BCUT2D eigenvalue weighted by molar-refractivity contribution is 0.0521. The zero-order valence-electron chi connectivity index (χ0n) is 13.5. The number of amides is 1. The number of fused-ring (bicyclic) bond motifs is 1. The molecule has 0 spiro atoms. The summed E-state index contributed by atoms with van der Waals surface area (Å²) in [6, 6.07) is 6.21. The van der Waals surface area contributed by atoms with Gasteiger partial charge in [-0.25, -0.2) is 13.1 Å². The second kappa shape index (κ2) is 6.61. The fourth-order valence-electron chi connectivity index (χ4n) is 3.86. The van der Waals surface area contributed by atoms with Gasteiger partial charge >= 0.3 is 0 Å². The summed E-state index contributed by atoms with van der Waals surface area (Å²) in [5.41, 5.74) is 0.564. The average molecular weight is 336 g/mol. The van der Waals surface area contributed by atoms with Crippen molar-refractivity contribution in [3.63, 3.8) is 0 Å². The molecule has 2 atom stereocenters. The van der Waals surface area contributed by atoms with E-state index in [1.807, 2.05) is 4.90 Å². The van der Waals surface area contributed by atoms with Crippen molar-refractivity contribution in [1.82, 2.24) is 9.62 Å². The monoisotopic (exact) mass is 336 g/mol. The highest BCUT2D eigenvalue weighted by Crippen LogP contribution is 2.36. The van der Waals surface area contributed by atoms with Crippen LogP contribution in [-0.4, -0.2) is 39.4 Å². The Labute approximate surface area is 138 Å². The van der Waals surface area contributed by atoms with Crippen LogP contribution in [0.25, 0.3) is 0 Å². The molecule has 1 saturated carbocycles. The molecule has 2 fully saturated rings. The van der Waals surface area contributed by atoms with Crippen LogP contribution in [-0.2, 0) is 10.0 Å². The van der Waals surface area contributed by atoms with Gasteiger partial charge in [-0.15, -0.1) is 0 Å². The number of hydrogen-bond acceptors (Lipinski definition) is 3. The van der Waals surface area contributed by atoms with E-state index in [1.165, 1.54) is 44.9 Å². The topological polar surface area (TPSA) is 66.5 Å². The van der Waals surface area contributed by atoms with E-state index in [2.05, 4.69) is 4.72 Å². The van der Waals surface area contributed by atoms with Crippen molar-refractivity contribution >= 4 is 15.9 Å². The predicted octanol–water partition coefficient (Wildman–Crippen LogP) is 2.25. The number of hydrogen-bond donors (Lipinski definition) is 1. The van der Waals surface area contributed by atoms with Gasteiger partial charge in [0.05, 0.1) is 4.90 Å². The molecule has 1 saturated heterocycles. The highest BCUT2D eigenvalue weighted by Gasteiger charge is 2.33. The van der Waals surface area contributed by atoms with Crippen LogP contribution < -0.4 is 4.72 Å². The third kappa shape index (κ3) is 3.43. The summed E-state index contributed by atoms with van der Waals surface area (Å²) in [6.07, 6.45) is 6.25. The lowest BCUT2D eigenvalue weighted by atomic mass is 9.75. The number of piperidine rings is 1. The Kier molecular flexibility index (Phi) is 4.73. The summed E-state index contributed by atoms with van der Waals surface area (Å²) in [7, 11) is -2.08. The number of rotatable bonds is 3. The van der Waals surface area contributed by atoms with Crippen molar-refractivity contribution in [2.75, 3.05) is 20.1 Å². The van der Waals surface area contributed by atoms with Crippen molar-refractivity contribution in [1.29, 1.82) is 0 Å². The normalized spacial score (nSPS) is 25.0. The summed E-state index contributed by atoms with van der Waals surface area (Å²) in [5, 5.41) is 0. The number of carbonyl (C=O) groups is 1. The zero-order chi connectivity index (χ0) is 16.4. The second-order valence-corrected chi connectivity index (χ2v) is 8.46. The lowest BCUT2D eigenvalue weighted by Crippen LogP contribution is -2.44. The van der Waals surface area contributed by atoms with Crippen molar-refractivity contribution < 1.29 is 13.2 Å². The third-order valence-electron chi connectivity index (χ3n) is 5.26. The molecular weight excluding hydrogens is 312 g/mol. The van der Waals surface area contributed by atoms with Gasteiger partial charge in [-0.3, -0.25) is 4.79 Å². The summed E-state index contributed by atoms with van der Waals surface area (Å²) < 4.78 is 25.7. The Morgan fingerprint density at radius 2 is 1.74 bits per heavy atom. The van der Waals surface area contributed by atoms with E-state index in [9.17, 15) is 13.2 Å². The average Bonchev–Trinajstić information content (AvgIpc) is 2.60. The molecule has 1 amide bonds. The van der Waals surface area contributed by atoms with Gasteiger partial charge in [0.15, 0.2) is 0 Å². The fourth-order valence-corrected chi connectivity index (χ4v) is 4.59. The number of benzene rings is 1. The Bertz CT molecular complexity index is 670.